The van der Waals surface area contributed by atoms with Crippen LogP contribution in [0.25, 0.3) is 6.08 Å². The van der Waals surface area contributed by atoms with Crippen LogP contribution in [0.3, 0.4) is 0 Å². The third-order valence-electron chi connectivity index (χ3n) is 2.35. The monoisotopic (exact) mass is 262 g/mol. The maximum Gasteiger partial charge on any atom is 0.163 e. The minimum Gasteiger partial charge on any atom is -0.294 e. The normalized spacial score (nSPS) is 18.5. The van der Waals surface area contributed by atoms with E-state index in [1.165, 1.54) is 0 Å². The molecule has 0 amide bonds. The lowest BCUT2D eigenvalue weighted by molar-refractivity contribution is -0.115. The molecule has 0 spiro atoms. The molecule has 1 aromatic rings. The van der Waals surface area contributed by atoms with Gasteiger partial charge in [0.1, 0.15) is 0 Å². The van der Waals surface area contributed by atoms with Gasteiger partial charge < -0.3 is 0 Å². The number of ketones is 1. The van der Waals surface area contributed by atoms with E-state index in [-0.39, 0.29) is 5.78 Å². The Morgan fingerprint density at radius 2 is 1.93 bits per heavy atom. The number of Topliss-reactive ketones (excluding diaryl/α,β-unsaturated/α-hetero) is 1. The van der Waals surface area contributed by atoms with Gasteiger partial charge in [-0.1, -0.05) is 40.2 Å². The predicted octanol–water partition coefficient (Wildman–Crippen LogP) is 3.75. The molecule has 0 radical (unpaired) electrons. The molecule has 0 saturated heterocycles. The van der Waals surface area contributed by atoms with Gasteiger partial charge in [-0.15, -0.1) is 0 Å². The summed E-state index contributed by atoms with van der Waals surface area (Å²) in [5, 5.41) is 0. The van der Waals surface area contributed by atoms with E-state index in [4.69, 9.17) is 0 Å². The van der Waals surface area contributed by atoms with Crippen LogP contribution in [0.5, 0.6) is 0 Å². The Labute approximate surface area is 97.6 Å². The van der Waals surface area contributed by atoms with Crippen molar-refractivity contribution < 1.29 is 4.79 Å². The second-order valence-electron chi connectivity index (χ2n) is 3.52. The van der Waals surface area contributed by atoms with Crippen molar-refractivity contribution in [3.63, 3.8) is 0 Å². The molecular formula is C13H11BrO. The first-order valence-electron chi connectivity index (χ1n) is 4.93. The van der Waals surface area contributed by atoms with Crippen LogP contribution in [0.15, 0.2) is 46.5 Å². The van der Waals surface area contributed by atoms with E-state index >= 15 is 0 Å². The molecule has 0 heterocycles. The number of hydrogen-bond acceptors (Lipinski definition) is 1. The van der Waals surface area contributed by atoms with Crippen LogP contribution in [-0.2, 0) is 4.79 Å². The Kier molecular flexibility index (Phi) is 3.17. The standard InChI is InChI=1S/C13H11BrO/c14-12-7-5-10(6-8-12)9-11-3-1-2-4-13(11)15/h1,3,5-9H,2,4H2/b11-9+. The third-order valence-corrected chi connectivity index (χ3v) is 2.88. The van der Waals surface area contributed by atoms with E-state index < -0.39 is 0 Å². The zero-order chi connectivity index (χ0) is 10.7. The zero-order valence-corrected chi connectivity index (χ0v) is 9.83. The molecule has 0 N–H and O–H groups in total. The fourth-order valence-electron chi connectivity index (χ4n) is 1.53. The van der Waals surface area contributed by atoms with E-state index in [1.54, 1.807) is 0 Å². The van der Waals surface area contributed by atoms with Crippen molar-refractivity contribution >= 4 is 27.8 Å². The Morgan fingerprint density at radius 3 is 2.60 bits per heavy atom. The van der Waals surface area contributed by atoms with Gasteiger partial charge in [0, 0.05) is 16.5 Å². The summed E-state index contributed by atoms with van der Waals surface area (Å²) in [4.78, 5) is 11.5. The molecule has 0 fully saturated rings. The Morgan fingerprint density at radius 1 is 1.20 bits per heavy atom. The first kappa shape index (κ1) is 10.4. The van der Waals surface area contributed by atoms with Gasteiger partial charge in [0.05, 0.1) is 0 Å². The molecule has 0 saturated carbocycles. The quantitative estimate of drug-likeness (QED) is 0.705. The van der Waals surface area contributed by atoms with Crippen LogP contribution in [0.4, 0.5) is 0 Å². The van der Waals surface area contributed by atoms with Crippen molar-refractivity contribution in [2.24, 2.45) is 0 Å². The van der Waals surface area contributed by atoms with Gasteiger partial charge in [-0.3, -0.25) is 4.79 Å². The SMILES string of the molecule is O=C1CCC=C/C1=C\c1ccc(Br)cc1. The number of allylic oxidation sites excluding steroid dienone is 3. The number of halogens is 1. The van der Waals surface area contributed by atoms with Crippen molar-refractivity contribution in [2.75, 3.05) is 0 Å². The van der Waals surface area contributed by atoms with E-state index in [0.717, 1.165) is 22.0 Å². The zero-order valence-electron chi connectivity index (χ0n) is 8.24. The lowest BCUT2D eigenvalue weighted by Gasteiger charge is -2.05. The predicted molar refractivity (Wildman–Crippen MR) is 65.5 cm³/mol. The Balaban J connectivity index is 2.29. The van der Waals surface area contributed by atoms with Crippen LogP contribution in [-0.4, -0.2) is 5.78 Å². The van der Waals surface area contributed by atoms with Crippen molar-refractivity contribution in [3.8, 4) is 0 Å². The van der Waals surface area contributed by atoms with Crippen molar-refractivity contribution in [3.05, 3.63) is 52.0 Å². The van der Waals surface area contributed by atoms with Crippen LogP contribution >= 0.6 is 15.9 Å². The first-order valence-corrected chi connectivity index (χ1v) is 5.72. The Hall–Kier alpha value is -1.15. The van der Waals surface area contributed by atoms with Gasteiger partial charge in [0.25, 0.3) is 0 Å². The molecular weight excluding hydrogens is 252 g/mol. The van der Waals surface area contributed by atoms with Crippen LogP contribution in [0.1, 0.15) is 18.4 Å². The minimum absolute atomic E-state index is 0.236. The summed E-state index contributed by atoms with van der Waals surface area (Å²) in [7, 11) is 0. The van der Waals surface area contributed by atoms with Gasteiger partial charge in [-0.25, -0.2) is 0 Å². The smallest absolute Gasteiger partial charge is 0.163 e. The molecule has 1 aliphatic carbocycles. The van der Waals surface area contributed by atoms with Crippen LogP contribution in [0.2, 0.25) is 0 Å². The molecule has 0 atom stereocenters. The summed E-state index contributed by atoms with van der Waals surface area (Å²) in [6.45, 7) is 0. The van der Waals surface area contributed by atoms with Crippen molar-refractivity contribution in [1.82, 2.24) is 0 Å². The second-order valence-corrected chi connectivity index (χ2v) is 4.43. The number of carbonyl (C=O) groups is 1. The van der Waals surface area contributed by atoms with Crippen molar-refractivity contribution in [2.45, 2.75) is 12.8 Å². The fraction of sp³-hybridized carbons (Fsp3) is 0.154. The number of rotatable bonds is 1. The summed E-state index contributed by atoms with van der Waals surface area (Å²) in [5.41, 5.74) is 1.87. The fourth-order valence-corrected chi connectivity index (χ4v) is 1.79. The molecule has 0 aromatic heterocycles. The molecule has 76 valence electrons. The average Bonchev–Trinajstić information content (AvgIpc) is 2.25. The molecule has 15 heavy (non-hydrogen) atoms. The topological polar surface area (TPSA) is 17.1 Å². The molecule has 2 heteroatoms. The van der Waals surface area contributed by atoms with Gasteiger partial charge >= 0.3 is 0 Å². The Bertz CT molecular complexity index is 426. The lowest BCUT2D eigenvalue weighted by atomic mass is 9.98. The van der Waals surface area contributed by atoms with Crippen molar-refractivity contribution in [1.29, 1.82) is 0 Å². The third kappa shape index (κ3) is 2.66. The molecule has 1 aliphatic rings. The number of benzene rings is 1. The van der Waals surface area contributed by atoms with E-state index in [2.05, 4.69) is 15.9 Å². The summed E-state index contributed by atoms with van der Waals surface area (Å²) < 4.78 is 1.05. The molecule has 0 bridgehead atoms. The van der Waals surface area contributed by atoms with Gasteiger partial charge in [-0.05, 0) is 30.2 Å². The summed E-state index contributed by atoms with van der Waals surface area (Å²) in [6.07, 6.45) is 7.40. The molecule has 0 unspecified atom stereocenters. The highest BCUT2D eigenvalue weighted by molar-refractivity contribution is 9.10. The summed E-state index contributed by atoms with van der Waals surface area (Å²) in [6, 6.07) is 7.94. The van der Waals surface area contributed by atoms with E-state index in [1.807, 2.05) is 42.5 Å². The van der Waals surface area contributed by atoms with Crippen LogP contribution < -0.4 is 0 Å². The lowest BCUT2D eigenvalue weighted by Crippen LogP contribution is -2.03. The molecule has 1 aromatic carbocycles. The molecule has 0 aliphatic heterocycles. The number of hydrogen-bond donors (Lipinski definition) is 0. The van der Waals surface area contributed by atoms with E-state index in [9.17, 15) is 4.79 Å². The highest BCUT2D eigenvalue weighted by atomic mass is 79.9. The van der Waals surface area contributed by atoms with Gasteiger partial charge in [-0.2, -0.15) is 0 Å². The van der Waals surface area contributed by atoms with Crippen LogP contribution in [0, 0.1) is 0 Å². The first-order chi connectivity index (χ1) is 7.25. The largest absolute Gasteiger partial charge is 0.294 e. The average molecular weight is 263 g/mol. The minimum atomic E-state index is 0.236. The summed E-state index contributed by atoms with van der Waals surface area (Å²) >= 11 is 3.38. The number of carbonyl (C=O) groups excluding carboxylic acids is 1. The maximum absolute atomic E-state index is 11.5. The second kappa shape index (κ2) is 4.58. The van der Waals surface area contributed by atoms with Gasteiger partial charge in [0.15, 0.2) is 5.78 Å². The summed E-state index contributed by atoms with van der Waals surface area (Å²) in [5.74, 6) is 0.236. The molecule has 2 rings (SSSR count). The molecule has 1 nitrogen and oxygen atoms in total. The van der Waals surface area contributed by atoms with Gasteiger partial charge in [0.2, 0.25) is 0 Å². The van der Waals surface area contributed by atoms with E-state index in [0.29, 0.717) is 6.42 Å². The highest BCUT2D eigenvalue weighted by Crippen LogP contribution is 2.17. The maximum atomic E-state index is 11.5. The highest BCUT2D eigenvalue weighted by Gasteiger charge is 2.09.